The molecule has 2 rings (SSSR count). The Labute approximate surface area is 139 Å². The number of carbonyl (C=O) groups excluding carboxylic acids is 4. The molecular weight excluding hydrogens is 349 g/mol. The highest BCUT2D eigenvalue weighted by Gasteiger charge is 2.29. The lowest BCUT2D eigenvalue weighted by atomic mass is 10.3. The molecule has 23 heavy (non-hydrogen) atoms. The van der Waals surface area contributed by atoms with E-state index in [1.807, 2.05) is 0 Å². The Bertz CT molecular complexity index is 669. The van der Waals surface area contributed by atoms with Crippen LogP contribution in [0.25, 0.3) is 0 Å². The summed E-state index contributed by atoms with van der Waals surface area (Å²) in [5, 5.41) is 3.97. The molecule has 0 aromatic heterocycles. The van der Waals surface area contributed by atoms with Crippen molar-refractivity contribution in [3.8, 4) is 0 Å². The maximum absolute atomic E-state index is 13.0. The van der Waals surface area contributed by atoms with Gasteiger partial charge in [-0.25, -0.2) is 4.39 Å². The first kappa shape index (κ1) is 17.2. The summed E-state index contributed by atoms with van der Waals surface area (Å²) in [5.41, 5.74) is 0.165. The van der Waals surface area contributed by atoms with E-state index in [-0.39, 0.29) is 40.7 Å². The van der Waals surface area contributed by atoms with E-state index in [2.05, 4.69) is 10.6 Å². The first-order valence-electron chi connectivity index (χ1n) is 6.40. The first-order chi connectivity index (χ1) is 10.9. The Morgan fingerprint density at radius 2 is 2.04 bits per heavy atom. The van der Waals surface area contributed by atoms with Crippen molar-refractivity contribution in [1.82, 2.24) is 10.2 Å². The molecule has 2 N–H and O–H groups in total. The normalized spacial score (nSPS) is 14.1. The molecule has 0 aliphatic carbocycles. The second kappa shape index (κ2) is 7.42. The van der Waals surface area contributed by atoms with Gasteiger partial charge in [-0.05, 0) is 18.2 Å². The number of thioether (sulfide) groups is 1. The molecule has 4 amide bonds. The fraction of sp³-hybridized carbons (Fsp3) is 0.231. The fourth-order valence-corrected chi connectivity index (χ4v) is 2.65. The molecule has 0 bridgehead atoms. The van der Waals surface area contributed by atoms with Gasteiger partial charge in [0.1, 0.15) is 5.82 Å². The average molecular weight is 360 g/mol. The molecule has 1 aromatic carbocycles. The number of nitrogens with zero attached hydrogens (tertiary/aromatic N) is 1. The van der Waals surface area contributed by atoms with E-state index in [0.717, 1.165) is 22.7 Å². The average Bonchev–Trinajstić information content (AvgIpc) is 2.82. The molecule has 122 valence electrons. The summed E-state index contributed by atoms with van der Waals surface area (Å²) in [4.78, 5) is 46.9. The summed E-state index contributed by atoms with van der Waals surface area (Å²) in [6.07, 6.45) is 0. The molecule has 1 aromatic rings. The monoisotopic (exact) mass is 359 g/mol. The lowest BCUT2D eigenvalue weighted by molar-refractivity contribution is -0.136. The van der Waals surface area contributed by atoms with Crippen LogP contribution in [0.5, 0.6) is 0 Å². The second-order valence-electron chi connectivity index (χ2n) is 4.44. The minimum Gasteiger partial charge on any atom is -0.346 e. The zero-order chi connectivity index (χ0) is 17.0. The van der Waals surface area contributed by atoms with E-state index in [4.69, 9.17) is 11.6 Å². The van der Waals surface area contributed by atoms with Crippen LogP contribution in [-0.2, 0) is 14.4 Å². The van der Waals surface area contributed by atoms with Crippen molar-refractivity contribution in [2.45, 2.75) is 0 Å². The van der Waals surface area contributed by atoms with Gasteiger partial charge in [-0.3, -0.25) is 24.1 Å². The Morgan fingerprint density at radius 1 is 1.30 bits per heavy atom. The molecular formula is C13H11ClFN3O4S. The number of hydrogen-bond acceptors (Lipinski definition) is 5. The van der Waals surface area contributed by atoms with Crippen LogP contribution in [0.1, 0.15) is 0 Å². The van der Waals surface area contributed by atoms with Gasteiger partial charge in [0.05, 0.1) is 10.8 Å². The zero-order valence-corrected chi connectivity index (χ0v) is 13.2. The molecule has 10 heteroatoms. The van der Waals surface area contributed by atoms with Crippen molar-refractivity contribution < 1.29 is 23.6 Å². The van der Waals surface area contributed by atoms with Gasteiger partial charge in [0.15, 0.2) is 0 Å². The number of benzene rings is 1. The number of hydrogen-bond donors (Lipinski definition) is 2. The molecule has 1 fully saturated rings. The highest BCUT2D eigenvalue weighted by molar-refractivity contribution is 8.14. The van der Waals surface area contributed by atoms with Crippen LogP contribution >= 0.6 is 23.4 Å². The molecule has 0 spiro atoms. The number of carbonyl (C=O) groups is 4. The zero-order valence-electron chi connectivity index (χ0n) is 11.6. The van der Waals surface area contributed by atoms with Crippen molar-refractivity contribution in [2.75, 3.05) is 24.2 Å². The van der Waals surface area contributed by atoms with Crippen molar-refractivity contribution in [3.05, 3.63) is 29.0 Å². The van der Waals surface area contributed by atoms with E-state index in [0.29, 0.717) is 0 Å². The molecule has 1 saturated heterocycles. The summed E-state index contributed by atoms with van der Waals surface area (Å²) in [6.45, 7) is -0.0550. The predicted molar refractivity (Wildman–Crippen MR) is 82.6 cm³/mol. The largest absolute Gasteiger partial charge is 0.346 e. The molecule has 7 nitrogen and oxygen atoms in total. The summed E-state index contributed by atoms with van der Waals surface area (Å²) in [6, 6.07) is 3.48. The fourth-order valence-electron chi connectivity index (χ4n) is 1.72. The molecule has 1 aliphatic rings. The highest BCUT2D eigenvalue weighted by atomic mass is 35.5. The van der Waals surface area contributed by atoms with E-state index in [9.17, 15) is 23.6 Å². The number of amides is 4. The number of imide groups is 1. The van der Waals surface area contributed by atoms with Crippen molar-refractivity contribution >= 4 is 52.0 Å². The number of rotatable bonds is 4. The quantitative estimate of drug-likeness (QED) is 0.788. The SMILES string of the molecule is O=C(NCCN1C(=O)CSC1=O)C(=O)Nc1ccc(F)c(Cl)c1. The summed E-state index contributed by atoms with van der Waals surface area (Å²) < 4.78 is 13.0. The molecule has 0 unspecified atom stereocenters. The maximum atomic E-state index is 13.0. The van der Waals surface area contributed by atoms with Crippen LogP contribution in [0, 0.1) is 5.82 Å². The third kappa shape index (κ3) is 4.42. The Kier molecular flexibility index (Phi) is 5.56. The standard InChI is InChI=1S/C13H11ClFN3O4S/c14-8-5-7(1-2-9(8)15)17-12(21)11(20)16-3-4-18-10(19)6-23-13(18)22/h1-2,5H,3-4,6H2,(H,16,20)(H,17,21). The summed E-state index contributed by atoms with van der Waals surface area (Å²) in [7, 11) is 0. The third-order valence-electron chi connectivity index (χ3n) is 2.85. The van der Waals surface area contributed by atoms with Crippen LogP contribution in [0.2, 0.25) is 5.02 Å². The molecule has 0 atom stereocenters. The first-order valence-corrected chi connectivity index (χ1v) is 7.76. The number of halogens is 2. The smallest absolute Gasteiger partial charge is 0.313 e. The van der Waals surface area contributed by atoms with Crippen LogP contribution < -0.4 is 10.6 Å². The van der Waals surface area contributed by atoms with Crippen LogP contribution in [0.3, 0.4) is 0 Å². The van der Waals surface area contributed by atoms with E-state index in [1.165, 1.54) is 12.1 Å². The number of anilines is 1. The topological polar surface area (TPSA) is 95.6 Å². The molecule has 1 heterocycles. The lowest BCUT2D eigenvalue weighted by Crippen LogP contribution is -2.41. The molecule has 1 aliphatic heterocycles. The lowest BCUT2D eigenvalue weighted by Gasteiger charge is -2.13. The van der Waals surface area contributed by atoms with Crippen molar-refractivity contribution in [3.63, 3.8) is 0 Å². The second-order valence-corrected chi connectivity index (χ2v) is 5.77. The minimum atomic E-state index is -0.971. The van der Waals surface area contributed by atoms with Crippen LogP contribution in [0.4, 0.5) is 14.9 Å². The van der Waals surface area contributed by atoms with Crippen molar-refractivity contribution in [1.29, 1.82) is 0 Å². The maximum Gasteiger partial charge on any atom is 0.313 e. The van der Waals surface area contributed by atoms with Gasteiger partial charge in [-0.2, -0.15) is 0 Å². The van der Waals surface area contributed by atoms with Crippen LogP contribution in [-0.4, -0.2) is 46.7 Å². The predicted octanol–water partition coefficient (Wildman–Crippen LogP) is 1.23. The van der Waals surface area contributed by atoms with E-state index >= 15 is 0 Å². The third-order valence-corrected chi connectivity index (χ3v) is 3.99. The van der Waals surface area contributed by atoms with E-state index < -0.39 is 17.6 Å². The van der Waals surface area contributed by atoms with E-state index in [1.54, 1.807) is 0 Å². The van der Waals surface area contributed by atoms with Gasteiger partial charge < -0.3 is 10.6 Å². The Hall–Kier alpha value is -2.13. The summed E-state index contributed by atoms with van der Waals surface area (Å²) in [5.74, 6) is -2.82. The number of nitrogens with one attached hydrogen (secondary N) is 2. The van der Waals surface area contributed by atoms with Gasteiger partial charge in [0.2, 0.25) is 5.91 Å². The van der Waals surface area contributed by atoms with Gasteiger partial charge in [0, 0.05) is 18.8 Å². The Morgan fingerprint density at radius 3 is 2.65 bits per heavy atom. The van der Waals surface area contributed by atoms with Gasteiger partial charge in [0.25, 0.3) is 5.24 Å². The highest BCUT2D eigenvalue weighted by Crippen LogP contribution is 2.19. The molecule has 0 radical (unpaired) electrons. The van der Waals surface area contributed by atoms with Gasteiger partial charge in [-0.15, -0.1) is 0 Å². The molecule has 0 saturated carbocycles. The Balaban J connectivity index is 1.81. The van der Waals surface area contributed by atoms with Crippen molar-refractivity contribution in [2.24, 2.45) is 0 Å². The van der Waals surface area contributed by atoms with Gasteiger partial charge >= 0.3 is 11.8 Å². The minimum absolute atomic E-state index is 0.00787. The van der Waals surface area contributed by atoms with Crippen LogP contribution in [0.15, 0.2) is 18.2 Å². The summed E-state index contributed by atoms with van der Waals surface area (Å²) >= 11 is 6.45. The van der Waals surface area contributed by atoms with Gasteiger partial charge in [-0.1, -0.05) is 23.4 Å².